The van der Waals surface area contributed by atoms with Crippen LogP contribution in [0.4, 0.5) is 0 Å². The van der Waals surface area contributed by atoms with Crippen LogP contribution in [0.5, 0.6) is 5.75 Å². The van der Waals surface area contributed by atoms with Crippen molar-refractivity contribution in [3.05, 3.63) is 59.7 Å². The highest BCUT2D eigenvalue weighted by atomic mass is 32.2. The van der Waals surface area contributed by atoms with Crippen LogP contribution in [0.3, 0.4) is 0 Å². The number of nitrogens with zero attached hydrogens (tertiary/aromatic N) is 2. The Morgan fingerprint density at radius 2 is 1.92 bits per heavy atom. The number of ether oxygens (including phenoxy) is 1. The molecule has 5 nitrogen and oxygen atoms in total. The molecule has 1 unspecified atom stereocenters. The minimum Gasteiger partial charge on any atom is -0.494 e. The summed E-state index contributed by atoms with van der Waals surface area (Å²) >= 11 is 0. The Bertz CT molecular complexity index is 886. The van der Waals surface area contributed by atoms with Crippen molar-refractivity contribution in [1.29, 1.82) is 5.26 Å². The smallest absolute Gasteiger partial charge is 0.244 e. The molecule has 0 radical (unpaired) electrons. The van der Waals surface area contributed by atoms with Gasteiger partial charge in [0.1, 0.15) is 11.8 Å². The van der Waals surface area contributed by atoms with Gasteiger partial charge < -0.3 is 4.74 Å². The molecule has 6 heteroatoms. The van der Waals surface area contributed by atoms with E-state index in [1.165, 1.54) is 16.4 Å². The summed E-state index contributed by atoms with van der Waals surface area (Å²) in [6.07, 6.45) is 1.56. The maximum atomic E-state index is 13.1. The van der Waals surface area contributed by atoms with Crippen molar-refractivity contribution in [1.82, 2.24) is 4.31 Å². The Morgan fingerprint density at radius 3 is 2.60 bits per heavy atom. The Kier molecular flexibility index (Phi) is 5.07. The topological polar surface area (TPSA) is 70.4 Å². The first-order valence-electron chi connectivity index (χ1n) is 8.31. The van der Waals surface area contributed by atoms with Crippen LogP contribution in [0.15, 0.2) is 53.4 Å². The van der Waals surface area contributed by atoms with Gasteiger partial charge in [0.05, 0.1) is 23.1 Å². The first-order chi connectivity index (χ1) is 12.1. The fraction of sp³-hybridized carbons (Fsp3) is 0.316. The highest BCUT2D eigenvalue weighted by Gasteiger charge is 2.37. The molecule has 1 atom stereocenters. The van der Waals surface area contributed by atoms with Gasteiger partial charge >= 0.3 is 0 Å². The van der Waals surface area contributed by atoms with Gasteiger partial charge in [0.15, 0.2) is 0 Å². The maximum Gasteiger partial charge on any atom is 0.244 e. The lowest BCUT2D eigenvalue weighted by Gasteiger charge is -2.25. The fourth-order valence-corrected chi connectivity index (χ4v) is 5.05. The number of nitriles is 1. The van der Waals surface area contributed by atoms with Crippen LogP contribution in [-0.2, 0) is 10.0 Å². The fourth-order valence-electron chi connectivity index (χ4n) is 3.22. The van der Waals surface area contributed by atoms with Crippen LogP contribution < -0.4 is 4.74 Å². The molecule has 0 aliphatic carbocycles. The Balaban J connectivity index is 1.94. The van der Waals surface area contributed by atoms with E-state index in [1.807, 2.05) is 37.3 Å². The van der Waals surface area contributed by atoms with Crippen molar-refractivity contribution in [2.45, 2.75) is 30.7 Å². The van der Waals surface area contributed by atoms with Crippen molar-refractivity contribution < 1.29 is 13.2 Å². The number of rotatable bonds is 5. The number of sulfonamides is 1. The van der Waals surface area contributed by atoms with E-state index in [0.717, 1.165) is 24.2 Å². The lowest BCUT2D eigenvalue weighted by atomic mass is 10.1. The average molecular weight is 356 g/mol. The zero-order chi connectivity index (χ0) is 17.9. The zero-order valence-corrected chi connectivity index (χ0v) is 14.9. The van der Waals surface area contributed by atoms with Crippen LogP contribution in [0, 0.1) is 11.3 Å². The SMILES string of the molecule is CCOc1ccc(C2CCCN2S(=O)(=O)c2ccccc2C#N)cc1. The van der Waals surface area contributed by atoms with Gasteiger partial charge in [-0.3, -0.25) is 0 Å². The predicted octanol–water partition coefficient (Wildman–Crippen LogP) is 3.48. The van der Waals surface area contributed by atoms with E-state index >= 15 is 0 Å². The number of hydrogen-bond donors (Lipinski definition) is 0. The van der Waals surface area contributed by atoms with Crippen molar-refractivity contribution >= 4 is 10.0 Å². The summed E-state index contributed by atoms with van der Waals surface area (Å²) in [4.78, 5) is 0.0790. The van der Waals surface area contributed by atoms with Gasteiger partial charge in [-0.1, -0.05) is 24.3 Å². The largest absolute Gasteiger partial charge is 0.494 e. The average Bonchev–Trinajstić information content (AvgIpc) is 3.13. The molecule has 0 spiro atoms. The van der Waals surface area contributed by atoms with E-state index in [9.17, 15) is 13.7 Å². The van der Waals surface area contributed by atoms with Crippen molar-refractivity contribution in [2.24, 2.45) is 0 Å². The molecule has 0 bridgehead atoms. The van der Waals surface area contributed by atoms with Gasteiger partial charge in [0.2, 0.25) is 10.0 Å². The standard InChI is InChI=1S/C19H20N2O3S/c1-2-24-17-11-9-15(10-12-17)18-7-5-13-21(18)25(22,23)19-8-4-3-6-16(19)14-20/h3-4,6,8-12,18H,2,5,7,13H2,1H3. The first kappa shape index (κ1) is 17.5. The minimum absolute atomic E-state index is 0.0790. The van der Waals surface area contributed by atoms with Crippen LogP contribution >= 0.6 is 0 Å². The molecule has 130 valence electrons. The summed E-state index contributed by atoms with van der Waals surface area (Å²) in [5, 5.41) is 9.24. The summed E-state index contributed by atoms with van der Waals surface area (Å²) in [5.41, 5.74) is 1.12. The molecular weight excluding hydrogens is 336 g/mol. The number of hydrogen-bond acceptors (Lipinski definition) is 4. The number of benzene rings is 2. The molecule has 1 saturated heterocycles. The molecule has 2 aromatic carbocycles. The van der Waals surface area contributed by atoms with E-state index in [-0.39, 0.29) is 16.5 Å². The molecule has 1 fully saturated rings. The Labute approximate surface area is 148 Å². The third-order valence-corrected chi connectivity index (χ3v) is 6.34. The molecule has 2 aromatic rings. The summed E-state index contributed by atoms with van der Waals surface area (Å²) in [5.74, 6) is 0.772. The van der Waals surface area contributed by atoms with Gasteiger partial charge in [-0.2, -0.15) is 9.57 Å². The predicted molar refractivity (Wildman–Crippen MR) is 94.6 cm³/mol. The monoisotopic (exact) mass is 356 g/mol. The maximum absolute atomic E-state index is 13.1. The van der Waals surface area contributed by atoms with Gasteiger partial charge in [-0.05, 0) is 49.6 Å². The Hall–Kier alpha value is -2.36. The molecule has 0 N–H and O–H groups in total. The van der Waals surface area contributed by atoms with E-state index in [0.29, 0.717) is 13.2 Å². The van der Waals surface area contributed by atoms with E-state index in [4.69, 9.17) is 4.74 Å². The molecule has 1 aliphatic heterocycles. The summed E-state index contributed by atoms with van der Waals surface area (Å²) in [6, 6.07) is 15.7. The third kappa shape index (κ3) is 3.39. The molecule has 25 heavy (non-hydrogen) atoms. The quantitative estimate of drug-likeness (QED) is 0.822. The van der Waals surface area contributed by atoms with Crippen LogP contribution in [0.25, 0.3) is 0 Å². The first-order valence-corrected chi connectivity index (χ1v) is 9.75. The van der Waals surface area contributed by atoms with E-state index in [1.54, 1.807) is 12.1 Å². The lowest BCUT2D eigenvalue weighted by molar-refractivity contribution is 0.339. The van der Waals surface area contributed by atoms with E-state index in [2.05, 4.69) is 0 Å². The highest BCUT2D eigenvalue weighted by molar-refractivity contribution is 7.89. The second-order valence-electron chi connectivity index (χ2n) is 5.88. The van der Waals surface area contributed by atoms with E-state index < -0.39 is 10.0 Å². The second-order valence-corrected chi connectivity index (χ2v) is 7.74. The van der Waals surface area contributed by atoms with Crippen molar-refractivity contribution in [3.8, 4) is 11.8 Å². The summed E-state index contributed by atoms with van der Waals surface area (Å²) < 4.78 is 33.2. The van der Waals surface area contributed by atoms with Crippen LogP contribution in [-0.4, -0.2) is 25.9 Å². The summed E-state index contributed by atoms with van der Waals surface area (Å²) in [6.45, 7) is 2.97. The minimum atomic E-state index is -3.72. The molecule has 0 saturated carbocycles. The van der Waals surface area contributed by atoms with Gasteiger partial charge in [0.25, 0.3) is 0 Å². The lowest BCUT2D eigenvalue weighted by Crippen LogP contribution is -2.31. The molecular formula is C19H20N2O3S. The van der Waals surface area contributed by atoms with Crippen LogP contribution in [0.2, 0.25) is 0 Å². The Morgan fingerprint density at radius 1 is 1.20 bits per heavy atom. The third-order valence-electron chi connectivity index (χ3n) is 4.37. The highest BCUT2D eigenvalue weighted by Crippen LogP contribution is 2.37. The molecule has 0 amide bonds. The van der Waals surface area contributed by atoms with Gasteiger partial charge in [0, 0.05) is 6.54 Å². The van der Waals surface area contributed by atoms with Crippen LogP contribution in [0.1, 0.15) is 36.9 Å². The molecule has 1 aliphatic rings. The zero-order valence-electron chi connectivity index (χ0n) is 14.1. The van der Waals surface area contributed by atoms with Crippen molar-refractivity contribution in [3.63, 3.8) is 0 Å². The molecule has 0 aromatic heterocycles. The van der Waals surface area contributed by atoms with Crippen molar-refractivity contribution in [2.75, 3.05) is 13.2 Å². The van der Waals surface area contributed by atoms with Gasteiger partial charge in [-0.15, -0.1) is 0 Å². The van der Waals surface area contributed by atoms with Gasteiger partial charge in [-0.25, -0.2) is 8.42 Å². The normalized spacial score (nSPS) is 18.0. The summed E-state index contributed by atoms with van der Waals surface area (Å²) in [7, 11) is -3.72. The molecule has 1 heterocycles. The molecule has 3 rings (SSSR count). The second kappa shape index (κ2) is 7.26.